The lowest BCUT2D eigenvalue weighted by atomic mass is 9.50. The Hall–Kier alpha value is -2.36. The number of rotatable bonds is 6. The van der Waals surface area contributed by atoms with E-state index in [2.05, 4.69) is 25.7 Å². The Bertz CT molecular complexity index is 932. The Morgan fingerprint density at radius 1 is 1.24 bits per heavy atom. The van der Waals surface area contributed by atoms with Crippen LogP contribution >= 0.6 is 11.3 Å². The molecule has 0 aromatic carbocycles. The van der Waals surface area contributed by atoms with Gasteiger partial charge in [0, 0.05) is 5.41 Å². The Kier molecular flexibility index (Phi) is 4.41. The summed E-state index contributed by atoms with van der Waals surface area (Å²) < 4.78 is 0. The topological polar surface area (TPSA) is 127 Å². The second kappa shape index (κ2) is 6.86. The van der Waals surface area contributed by atoms with Gasteiger partial charge in [-0.25, -0.2) is 0 Å². The van der Waals surface area contributed by atoms with Gasteiger partial charge < -0.3 is 0 Å². The van der Waals surface area contributed by atoms with E-state index in [9.17, 15) is 14.9 Å². The molecule has 1 amide bonds. The molecule has 0 atom stereocenters. The number of aromatic amines is 1. The van der Waals surface area contributed by atoms with Crippen molar-refractivity contribution < 1.29 is 9.72 Å². The summed E-state index contributed by atoms with van der Waals surface area (Å²) in [5.41, 5.74) is 0.0245. The highest BCUT2D eigenvalue weighted by atomic mass is 32.1. The van der Waals surface area contributed by atoms with Gasteiger partial charge in [-0.05, 0) is 62.7 Å². The Morgan fingerprint density at radius 3 is 2.48 bits per heavy atom. The van der Waals surface area contributed by atoms with Crippen molar-refractivity contribution in [1.82, 2.24) is 20.4 Å². The molecule has 4 saturated carbocycles. The van der Waals surface area contributed by atoms with Crippen LogP contribution in [0.4, 0.5) is 10.8 Å². The lowest BCUT2D eigenvalue weighted by Crippen LogP contribution is -2.48. The maximum absolute atomic E-state index is 12.7. The molecule has 4 fully saturated rings. The van der Waals surface area contributed by atoms with Crippen LogP contribution in [0.15, 0.2) is 0 Å². The number of hydrogen-bond acceptors (Lipinski definition) is 7. The van der Waals surface area contributed by atoms with Crippen molar-refractivity contribution in [2.24, 2.45) is 17.8 Å². The fraction of sp³-hybridized carbons (Fsp3) is 0.684. The van der Waals surface area contributed by atoms with Gasteiger partial charge in [-0.2, -0.15) is 5.10 Å². The number of nitrogens with zero attached hydrogens (tertiary/aromatic N) is 4. The van der Waals surface area contributed by atoms with Gasteiger partial charge in [0.1, 0.15) is 10.7 Å². The molecule has 2 aromatic heterocycles. The molecule has 0 aliphatic heterocycles. The third-order valence-electron chi connectivity index (χ3n) is 6.85. The largest absolute Gasteiger partial charge is 0.322 e. The van der Waals surface area contributed by atoms with Crippen molar-refractivity contribution in [3.8, 4) is 0 Å². The van der Waals surface area contributed by atoms with Crippen LogP contribution in [0.5, 0.6) is 0 Å². The predicted octanol–water partition coefficient (Wildman–Crippen LogP) is 3.84. The number of hydrogen-bond donors (Lipinski definition) is 2. The first-order valence-corrected chi connectivity index (χ1v) is 11.2. The van der Waals surface area contributed by atoms with Crippen LogP contribution in [-0.2, 0) is 11.8 Å². The van der Waals surface area contributed by atoms with E-state index in [0.29, 0.717) is 17.2 Å². The first-order valence-electron chi connectivity index (χ1n) is 10.3. The van der Waals surface area contributed by atoms with Crippen molar-refractivity contribution in [2.45, 2.75) is 63.7 Å². The zero-order chi connectivity index (χ0) is 20.2. The molecular weight excluding hydrogens is 392 g/mol. The van der Waals surface area contributed by atoms with E-state index in [4.69, 9.17) is 0 Å². The summed E-state index contributed by atoms with van der Waals surface area (Å²) in [6, 6.07) is 0. The molecule has 0 spiro atoms. The molecule has 0 radical (unpaired) electrons. The van der Waals surface area contributed by atoms with Crippen LogP contribution in [0.25, 0.3) is 0 Å². The van der Waals surface area contributed by atoms with E-state index in [1.807, 2.05) is 6.92 Å². The highest BCUT2D eigenvalue weighted by Crippen LogP contribution is 2.61. The average molecular weight is 417 g/mol. The highest BCUT2D eigenvalue weighted by molar-refractivity contribution is 7.15. The Balaban J connectivity index is 1.36. The minimum Gasteiger partial charge on any atom is -0.295 e. The Labute approximate surface area is 171 Å². The first-order chi connectivity index (χ1) is 14.0. The first kappa shape index (κ1) is 18.7. The summed E-state index contributed by atoms with van der Waals surface area (Å²) in [6.45, 7) is 1.91. The molecule has 0 unspecified atom stereocenters. The fourth-order valence-corrected chi connectivity index (χ4v) is 7.13. The second-order valence-corrected chi connectivity index (χ2v) is 9.95. The molecule has 2 aromatic rings. The molecule has 154 valence electrons. The minimum absolute atomic E-state index is 0.113. The number of nitrogens with one attached hydrogen (secondary N) is 2. The summed E-state index contributed by atoms with van der Waals surface area (Å²) in [4.78, 5) is 23.5. The number of aryl methyl sites for hydroxylation is 1. The van der Waals surface area contributed by atoms with Crippen LogP contribution in [0, 0.1) is 27.9 Å². The number of nitro groups is 1. The molecular formula is C19H24N6O3S. The van der Waals surface area contributed by atoms with Gasteiger partial charge >= 0.3 is 5.69 Å². The zero-order valence-corrected chi connectivity index (χ0v) is 17.1. The molecule has 4 bridgehead atoms. The molecule has 6 rings (SSSR count). The van der Waals surface area contributed by atoms with Crippen LogP contribution in [0.1, 0.15) is 73.1 Å². The number of anilines is 1. The molecule has 2 N–H and O–H groups in total. The van der Waals surface area contributed by atoms with E-state index >= 15 is 0 Å². The smallest absolute Gasteiger partial charge is 0.295 e. The van der Waals surface area contributed by atoms with Gasteiger partial charge in [0.2, 0.25) is 10.8 Å². The van der Waals surface area contributed by atoms with Crippen LogP contribution < -0.4 is 5.32 Å². The lowest BCUT2D eigenvalue weighted by Gasteiger charge is -2.55. The summed E-state index contributed by atoms with van der Waals surface area (Å²) in [6.07, 6.45) is 8.76. The number of amides is 1. The minimum atomic E-state index is -0.622. The molecule has 0 saturated heterocycles. The van der Waals surface area contributed by atoms with E-state index < -0.39 is 10.8 Å². The number of carbonyl (C=O) groups is 1. The van der Waals surface area contributed by atoms with E-state index in [1.165, 1.54) is 49.9 Å². The Morgan fingerprint density at radius 2 is 1.90 bits per heavy atom. The molecule has 4 aliphatic rings. The number of H-pyrrole nitrogens is 1. The maximum Gasteiger partial charge on any atom is 0.322 e. The number of aromatic nitrogens is 4. The predicted molar refractivity (Wildman–Crippen MR) is 107 cm³/mol. The summed E-state index contributed by atoms with van der Waals surface area (Å²) in [7, 11) is 0. The van der Waals surface area contributed by atoms with Crippen LogP contribution in [0.3, 0.4) is 0 Å². The summed E-state index contributed by atoms with van der Waals surface area (Å²) >= 11 is 1.41. The average Bonchev–Trinajstić information content (AvgIpc) is 3.28. The third-order valence-corrected chi connectivity index (χ3v) is 7.93. The normalized spacial score (nSPS) is 29.9. The molecule has 2 heterocycles. The lowest BCUT2D eigenvalue weighted by molar-refractivity contribution is -0.385. The van der Waals surface area contributed by atoms with Gasteiger partial charge in [-0.15, -0.1) is 10.2 Å². The van der Waals surface area contributed by atoms with E-state index in [1.54, 1.807) is 0 Å². The van der Waals surface area contributed by atoms with Gasteiger partial charge in [-0.3, -0.25) is 25.3 Å². The second-order valence-electron chi connectivity index (χ2n) is 8.97. The van der Waals surface area contributed by atoms with Crippen LogP contribution in [0.2, 0.25) is 0 Å². The fourth-order valence-electron chi connectivity index (χ4n) is 6.17. The highest BCUT2D eigenvalue weighted by Gasteiger charge is 2.53. The summed E-state index contributed by atoms with van der Waals surface area (Å²) in [5, 5.41) is 30.7. The van der Waals surface area contributed by atoms with Crippen molar-refractivity contribution >= 4 is 28.1 Å². The van der Waals surface area contributed by atoms with Crippen molar-refractivity contribution in [2.75, 3.05) is 5.32 Å². The van der Waals surface area contributed by atoms with E-state index in [-0.39, 0.29) is 16.8 Å². The van der Waals surface area contributed by atoms with Crippen molar-refractivity contribution in [3.05, 3.63) is 26.5 Å². The SMILES string of the molecule is CCCc1[nH]nc(C(=O)Nc2nnc(C34CC5CC(CC(C5)C3)C4)s2)c1[N+](=O)[O-]. The number of carbonyl (C=O) groups excluding carboxylic acids is 1. The van der Waals surface area contributed by atoms with Gasteiger partial charge in [0.25, 0.3) is 5.91 Å². The third kappa shape index (κ3) is 3.13. The zero-order valence-electron chi connectivity index (χ0n) is 16.3. The standard InChI is InChI=1S/C19H24N6O3S/c1-2-3-13-15(25(27)28)14(22-21-13)16(26)20-18-24-23-17(29-18)19-7-10-4-11(8-19)6-12(5-10)9-19/h10-12H,2-9H2,1H3,(H,21,22)(H,20,24,26). The van der Waals surface area contributed by atoms with Gasteiger partial charge in [0.15, 0.2) is 0 Å². The molecule has 9 nitrogen and oxygen atoms in total. The van der Waals surface area contributed by atoms with Crippen molar-refractivity contribution in [3.63, 3.8) is 0 Å². The monoisotopic (exact) mass is 416 g/mol. The molecule has 10 heteroatoms. The van der Waals surface area contributed by atoms with E-state index in [0.717, 1.165) is 29.2 Å². The summed E-state index contributed by atoms with van der Waals surface area (Å²) in [5.74, 6) is 1.77. The van der Waals surface area contributed by atoms with Crippen molar-refractivity contribution in [1.29, 1.82) is 0 Å². The van der Waals surface area contributed by atoms with Gasteiger partial charge in [-0.1, -0.05) is 24.7 Å². The van der Waals surface area contributed by atoms with Gasteiger partial charge in [0.05, 0.1) is 4.92 Å². The maximum atomic E-state index is 12.7. The van der Waals surface area contributed by atoms with Crippen LogP contribution in [-0.4, -0.2) is 31.2 Å². The quantitative estimate of drug-likeness (QED) is 0.544. The molecule has 29 heavy (non-hydrogen) atoms. The molecule has 4 aliphatic carbocycles.